The van der Waals surface area contributed by atoms with E-state index in [1.807, 2.05) is 30.3 Å². The maximum Gasteiger partial charge on any atom is 0.254 e. The number of carbonyl (C=O) groups excluding carboxylic acids is 2. The molecule has 0 unspecified atom stereocenters. The molecule has 2 aromatic carbocycles. The van der Waals surface area contributed by atoms with Gasteiger partial charge in [-0.2, -0.15) is 0 Å². The number of halogens is 2. The third kappa shape index (κ3) is 4.89. The molecule has 0 aromatic heterocycles. The first-order valence-corrected chi connectivity index (χ1v) is 8.68. The quantitative estimate of drug-likeness (QED) is 0.808. The third-order valence-corrected chi connectivity index (χ3v) is 4.42. The molecule has 5 nitrogen and oxygen atoms in total. The highest BCUT2D eigenvalue weighted by molar-refractivity contribution is 5.94. The summed E-state index contributed by atoms with van der Waals surface area (Å²) in [5.74, 6) is -2.55. The van der Waals surface area contributed by atoms with Crippen LogP contribution in [0.15, 0.2) is 48.5 Å². The summed E-state index contributed by atoms with van der Waals surface area (Å²) in [7, 11) is 0. The maximum atomic E-state index is 13.3. The smallest absolute Gasteiger partial charge is 0.254 e. The van der Waals surface area contributed by atoms with Gasteiger partial charge in [0.15, 0.2) is 11.6 Å². The van der Waals surface area contributed by atoms with Crippen molar-refractivity contribution in [2.24, 2.45) is 0 Å². The monoisotopic (exact) mass is 374 g/mol. The van der Waals surface area contributed by atoms with Crippen molar-refractivity contribution < 1.29 is 23.1 Å². The second kappa shape index (κ2) is 8.73. The van der Waals surface area contributed by atoms with Crippen LogP contribution in [-0.2, 0) is 16.1 Å². The Kier molecular flexibility index (Phi) is 6.13. The number of rotatable bonds is 5. The minimum Gasteiger partial charge on any atom is -0.367 e. The Labute approximate surface area is 156 Å². The number of hydrogen-bond donors (Lipinski definition) is 0. The van der Waals surface area contributed by atoms with Crippen molar-refractivity contribution in [1.29, 1.82) is 0 Å². The molecular formula is C20H20F2N2O3. The summed E-state index contributed by atoms with van der Waals surface area (Å²) in [6.45, 7) is 1.77. The van der Waals surface area contributed by atoms with Crippen LogP contribution in [0.25, 0.3) is 0 Å². The first kappa shape index (κ1) is 19.0. The van der Waals surface area contributed by atoms with Crippen LogP contribution in [0.1, 0.15) is 15.9 Å². The van der Waals surface area contributed by atoms with Gasteiger partial charge in [-0.3, -0.25) is 9.59 Å². The van der Waals surface area contributed by atoms with E-state index in [4.69, 9.17) is 4.74 Å². The second-order valence-electron chi connectivity index (χ2n) is 6.28. The summed E-state index contributed by atoms with van der Waals surface area (Å²) >= 11 is 0. The largest absolute Gasteiger partial charge is 0.367 e. The number of ether oxygens (including phenoxy) is 1. The van der Waals surface area contributed by atoms with Crippen molar-refractivity contribution in [2.45, 2.75) is 6.61 Å². The van der Waals surface area contributed by atoms with E-state index in [9.17, 15) is 18.4 Å². The van der Waals surface area contributed by atoms with Gasteiger partial charge in [-0.05, 0) is 23.8 Å². The molecule has 2 aromatic rings. The van der Waals surface area contributed by atoms with Crippen LogP contribution in [0.2, 0.25) is 0 Å². The topological polar surface area (TPSA) is 49.9 Å². The second-order valence-corrected chi connectivity index (χ2v) is 6.28. The summed E-state index contributed by atoms with van der Waals surface area (Å²) in [4.78, 5) is 27.8. The van der Waals surface area contributed by atoms with E-state index < -0.39 is 11.6 Å². The minimum absolute atomic E-state index is 0.0218. The zero-order chi connectivity index (χ0) is 19.2. The molecule has 0 saturated carbocycles. The Bertz CT molecular complexity index is 806. The maximum absolute atomic E-state index is 13.3. The summed E-state index contributed by atoms with van der Waals surface area (Å²) in [5.41, 5.74) is 1.09. The Morgan fingerprint density at radius 3 is 2.22 bits per heavy atom. The van der Waals surface area contributed by atoms with E-state index in [1.54, 1.807) is 4.90 Å². The van der Waals surface area contributed by atoms with Gasteiger partial charge in [0.25, 0.3) is 5.91 Å². The normalized spacial score (nSPS) is 14.3. The zero-order valence-electron chi connectivity index (χ0n) is 14.7. The van der Waals surface area contributed by atoms with Crippen molar-refractivity contribution in [1.82, 2.24) is 9.80 Å². The minimum atomic E-state index is -1.05. The van der Waals surface area contributed by atoms with Crippen LogP contribution in [-0.4, -0.2) is 54.4 Å². The van der Waals surface area contributed by atoms with E-state index in [1.165, 1.54) is 11.0 Å². The number of nitrogens with zero attached hydrogens (tertiary/aromatic N) is 2. The molecule has 142 valence electrons. The van der Waals surface area contributed by atoms with Crippen LogP contribution in [0.3, 0.4) is 0 Å². The molecule has 0 aliphatic carbocycles. The number of piperazine rings is 1. The molecule has 0 bridgehead atoms. The molecular weight excluding hydrogens is 354 g/mol. The molecule has 0 atom stereocenters. The van der Waals surface area contributed by atoms with Crippen LogP contribution in [0, 0.1) is 11.6 Å². The zero-order valence-corrected chi connectivity index (χ0v) is 14.7. The Morgan fingerprint density at radius 1 is 0.889 bits per heavy atom. The average Bonchev–Trinajstić information content (AvgIpc) is 2.70. The molecule has 1 aliphatic rings. The Balaban J connectivity index is 1.45. The highest BCUT2D eigenvalue weighted by Crippen LogP contribution is 2.13. The van der Waals surface area contributed by atoms with Gasteiger partial charge in [0.1, 0.15) is 6.61 Å². The van der Waals surface area contributed by atoms with E-state index in [0.29, 0.717) is 32.8 Å². The van der Waals surface area contributed by atoms with Gasteiger partial charge in [0.05, 0.1) is 6.61 Å². The van der Waals surface area contributed by atoms with E-state index in [-0.39, 0.29) is 24.0 Å². The first-order chi connectivity index (χ1) is 13.0. The molecule has 2 amide bonds. The Morgan fingerprint density at radius 2 is 1.56 bits per heavy atom. The fourth-order valence-corrected chi connectivity index (χ4v) is 2.89. The van der Waals surface area contributed by atoms with Crippen molar-refractivity contribution in [3.05, 3.63) is 71.3 Å². The van der Waals surface area contributed by atoms with Gasteiger partial charge in [-0.25, -0.2) is 8.78 Å². The van der Waals surface area contributed by atoms with Gasteiger partial charge in [0, 0.05) is 31.7 Å². The molecule has 1 aliphatic heterocycles. The first-order valence-electron chi connectivity index (χ1n) is 8.68. The SMILES string of the molecule is O=C(COCc1ccccc1)N1CCN(C(=O)c2ccc(F)c(F)c2)CC1. The molecule has 1 fully saturated rings. The molecule has 0 N–H and O–H groups in total. The number of amides is 2. The lowest BCUT2D eigenvalue weighted by molar-refractivity contribution is -0.138. The van der Waals surface area contributed by atoms with E-state index in [2.05, 4.69) is 0 Å². The highest BCUT2D eigenvalue weighted by atomic mass is 19.2. The standard InChI is InChI=1S/C20H20F2N2O3/c21-17-7-6-16(12-18(17)22)20(26)24-10-8-23(9-11-24)19(25)14-27-13-15-4-2-1-3-5-15/h1-7,12H,8-11,13-14H2. The fraction of sp³-hybridized carbons (Fsp3) is 0.300. The molecule has 27 heavy (non-hydrogen) atoms. The van der Waals surface area contributed by atoms with Gasteiger partial charge in [0.2, 0.25) is 5.91 Å². The van der Waals surface area contributed by atoms with Gasteiger partial charge >= 0.3 is 0 Å². The number of benzene rings is 2. The fourth-order valence-electron chi connectivity index (χ4n) is 2.89. The van der Waals surface area contributed by atoms with Gasteiger partial charge < -0.3 is 14.5 Å². The highest BCUT2D eigenvalue weighted by Gasteiger charge is 2.25. The lowest BCUT2D eigenvalue weighted by Crippen LogP contribution is -2.51. The number of carbonyl (C=O) groups is 2. The van der Waals surface area contributed by atoms with E-state index in [0.717, 1.165) is 17.7 Å². The predicted molar refractivity (Wildman–Crippen MR) is 94.9 cm³/mol. The average molecular weight is 374 g/mol. The molecule has 0 spiro atoms. The molecule has 7 heteroatoms. The van der Waals surface area contributed by atoms with Crippen molar-refractivity contribution >= 4 is 11.8 Å². The molecule has 1 heterocycles. The van der Waals surface area contributed by atoms with Crippen molar-refractivity contribution in [3.8, 4) is 0 Å². The van der Waals surface area contributed by atoms with Crippen LogP contribution in [0.4, 0.5) is 8.78 Å². The Hall–Kier alpha value is -2.80. The summed E-state index contributed by atoms with van der Waals surface area (Å²) in [6.07, 6.45) is 0. The third-order valence-electron chi connectivity index (χ3n) is 4.42. The predicted octanol–water partition coefficient (Wildman–Crippen LogP) is 2.47. The van der Waals surface area contributed by atoms with Gasteiger partial charge in [-0.15, -0.1) is 0 Å². The summed E-state index contributed by atoms with van der Waals surface area (Å²) in [6, 6.07) is 12.7. The molecule has 3 rings (SSSR count). The summed E-state index contributed by atoms with van der Waals surface area (Å²) in [5, 5.41) is 0. The van der Waals surface area contributed by atoms with Crippen molar-refractivity contribution in [3.63, 3.8) is 0 Å². The van der Waals surface area contributed by atoms with E-state index >= 15 is 0 Å². The number of hydrogen-bond acceptors (Lipinski definition) is 3. The molecule has 1 saturated heterocycles. The van der Waals surface area contributed by atoms with Gasteiger partial charge in [-0.1, -0.05) is 30.3 Å². The van der Waals surface area contributed by atoms with Crippen LogP contribution >= 0.6 is 0 Å². The van der Waals surface area contributed by atoms with Crippen LogP contribution < -0.4 is 0 Å². The summed E-state index contributed by atoms with van der Waals surface area (Å²) < 4.78 is 31.8. The molecule has 0 radical (unpaired) electrons. The van der Waals surface area contributed by atoms with Crippen LogP contribution in [0.5, 0.6) is 0 Å². The lowest BCUT2D eigenvalue weighted by Gasteiger charge is -2.34. The lowest BCUT2D eigenvalue weighted by atomic mass is 10.1. The van der Waals surface area contributed by atoms with Crippen molar-refractivity contribution in [2.75, 3.05) is 32.8 Å².